The molecule has 0 radical (unpaired) electrons. The van der Waals surface area contributed by atoms with E-state index in [1.807, 2.05) is 10.6 Å². The summed E-state index contributed by atoms with van der Waals surface area (Å²) >= 11 is 0. The van der Waals surface area contributed by atoms with Gasteiger partial charge in [-0.3, -0.25) is 0 Å². The topological polar surface area (TPSA) is 86.3 Å². The molecule has 104 valence electrons. The maximum absolute atomic E-state index is 11.5. The number of carbonyl (C=O) groups is 1. The maximum atomic E-state index is 11.5. The Hall–Kier alpha value is -2.57. The Morgan fingerprint density at radius 2 is 2.25 bits per heavy atom. The maximum Gasteiger partial charge on any atom is 0.337 e. The van der Waals surface area contributed by atoms with Gasteiger partial charge < -0.3 is 19.9 Å². The van der Waals surface area contributed by atoms with E-state index in [-0.39, 0.29) is 5.97 Å². The molecule has 1 aliphatic rings. The minimum atomic E-state index is -0.387. The Kier molecular flexibility index (Phi) is 3.02. The van der Waals surface area contributed by atoms with E-state index in [0.717, 1.165) is 24.6 Å². The SMILES string of the molecule is COC(=O)c1ccc(N2CCn3cnnc3C2)c(N)c1. The van der Waals surface area contributed by atoms with Gasteiger partial charge in [-0.15, -0.1) is 10.2 Å². The van der Waals surface area contributed by atoms with E-state index in [2.05, 4.69) is 19.8 Å². The number of nitrogens with zero attached hydrogens (tertiary/aromatic N) is 4. The summed E-state index contributed by atoms with van der Waals surface area (Å²) in [7, 11) is 1.35. The Morgan fingerprint density at radius 3 is 3.00 bits per heavy atom. The van der Waals surface area contributed by atoms with Crippen molar-refractivity contribution in [3.63, 3.8) is 0 Å². The van der Waals surface area contributed by atoms with Crippen molar-refractivity contribution in [1.29, 1.82) is 0 Å². The second-order valence-corrected chi connectivity index (χ2v) is 4.63. The zero-order valence-corrected chi connectivity index (χ0v) is 11.1. The van der Waals surface area contributed by atoms with Gasteiger partial charge in [-0.2, -0.15) is 0 Å². The quantitative estimate of drug-likeness (QED) is 0.639. The first-order valence-corrected chi connectivity index (χ1v) is 6.28. The molecule has 0 amide bonds. The van der Waals surface area contributed by atoms with Crippen LogP contribution in [-0.4, -0.2) is 34.4 Å². The zero-order chi connectivity index (χ0) is 14.1. The van der Waals surface area contributed by atoms with Gasteiger partial charge in [-0.25, -0.2) is 4.79 Å². The fourth-order valence-corrected chi connectivity index (χ4v) is 2.36. The molecule has 7 nitrogen and oxygen atoms in total. The lowest BCUT2D eigenvalue weighted by molar-refractivity contribution is 0.0601. The first-order chi connectivity index (χ1) is 9.69. The lowest BCUT2D eigenvalue weighted by Crippen LogP contribution is -2.34. The van der Waals surface area contributed by atoms with Crippen molar-refractivity contribution in [2.24, 2.45) is 0 Å². The zero-order valence-electron chi connectivity index (χ0n) is 11.1. The monoisotopic (exact) mass is 273 g/mol. The highest BCUT2D eigenvalue weighted by molar-refractivity contribution is 5.91. The molecule has 0 bridgehead atoms. The molecule has 3 rings (SSSR count). The number of hydrogen-bond donors (Lipinski definition) is 1. The molecule has 2 heterocycles. The van der Waals surface area contributed by atoms with Crippen LogP contribution in [0.1, 0.15) is 16.2 Å². The lowest BCUT2D eigenvalue weighted by atomic mass is 10.1. The molecular weight excluding hydrogens is 258 g/mol. The number of benzene rings is 1. The summed E-state index contributed by atoms with van der Waals surface area (Å²) in [5.41, 5.74) is 7.95. The number of aromatic nitrogens is 3. The molecule has 1 aromatic carbocycles. The van der Waals surface area contributed by atoms with Gasteiger partial charge in [0.15, 0.2) is 5.82 Å². The summed E-state index contributed by atoms with van der Waals surface area (Å²) in [6.07, 6.45) is 1.73. The molecule has 2 aromatic rings. The molecule has 0 saturated carbocycles. The minimum absolute atomic E-state index is 0.387. The molecule has 7 heteroatoms. The van der Waals surface area contributed by atoms with Gasteiger partial charge in [0.2, 0.25) is 0 Å². The van der Waals surface area contributed by atoms with Crippen molar-refractivity contribution in [3.05, 3.63) is 35.9 Å². The van der Waals surface area contributed by atoms with Crippen molar-refractivity contribution in [1.82, 2.24) is 14.8 Å². The molecule has 2 N–H and O–H groups in total. The van der Waals surface area contributed by atoms with Crippen molar-refractivity contribution in [2.75, 3.05) is 24.3 Å². The largest absolute Gasteiger partial charge is 0.465 e. The Morgan fingerprint density at radius 1 is 1.40 bits per heavy atom. The molecule has 0 spiro atoms. The molecule has 0 unspecified atom stereocenters. The molecule has 1 aliphatic heterocycles. The molecule has 0 aliphatic carbocycles. The van der Waals surface area contributed by atoms with Crippen molar-refractivity contribution in [3.8, 4) is 0 Å². The number of fused-ring (bicyclic) bond motifs is 1. The van der Waals surface area contributed by atoms with Gasteiger partial charge in [-0.05, 0) is 18.2 Å². The normalized spacial score (nSPS) is 13.9. The Bertz CT molecular complexity index is 652. The molecule has 0 fully saturated rings. The number of rotatable bonds is 2. The third kappa shape index (κ3) is 2.07. The first kappa shape index (κ1) is 12.5. The van der Waals surface area contributed by atoms with Crippen LogP contribution in [0.4, 0.5) is 11.4 Å². The first-order valence-electron chi connectivity index (χ1n) is 6.28. The Balaban J connectivity index is 1.87. The van der Waals surface area contributed by atoms with Crippen LogP contribution in [0.15, 0.2) is 24.5 Å². The van der Waals surface area contributed by atoms with Crippen molar-refractivity contribution >= 4 is 17.3 Å². The minimum Gasteiger partial charge on any atom is -0.465 e. The van der Waals surface area contributed by atoms with Crippen molar-refractivity contribution < 1.29 is 9.53 Å². The summed E-state index contributed by atoms with van der Waals surface area (Å²) < 4.78 is 6.71. The Labute approximate surface area is 116 Å². The van der Waals surface area contributed by atoms with E-state index in [1.165, 1.54) is 7.11 Å². The van der Waals surface area contributed by atoms with Crippen LogP contribution in [0.3, 0.4) is 0 Å². The smallest absolute Gasteiger partial charge is 0.337 e. The lowest BCUT2D eigenvalue weighted by Gasteiger charge is -2.30. The standard InChI is InChI=1S/C13H15N5O2/c1-20-13(19)9-2-3-11(10(14)6-9)17-4-5-18-8-15-16-12(18)7-17/h2-3,6,8H,4-5,7,14H2,1H3. The number of methoxy groups -OCH3 is 1. The van der Waals surface area contributed by atoms with Crippen molar-refractivity contribution in [2.45, 2.75) is 13.1 Å². The third-order valence-electron chi connectivity index (χ3n) is 3.43. The van der Waals surface area contributed by atoms with Crippen LogP contribution in [0.25, 0.3) is 0 Å². The van der Waals surface area contributed by atoms with Gasteiger partial charge >= 0.3 is 5.97 Å². The van der Waals surface area contributed by atoms with Gasteiger partial charge in [0.25, 0.3) is 0 Å². The number of ether oxygens (including phenoxy) is 1. The molecule has 20 heavy (non-hydrogen) atoms. The van der Waals surface area contributed by atoms with Gasteiger partial charge in [0, 0.05) is 13.1 Å². The van der Waals surface area contributed by atoms with Crippen LogP contribution < -0.4 is 10.6 Å². The molecule has 1 aromatic heterocycles. The van der Waals surface area contributed by atoms with Crippen LogP contribution in [-0.2, 0) is 17.8 Å². The molecular formula is C13H15N5O2. The van der Waals surface area contributed by atoms with Gasteiger partial charge in [0.05, 0.1) is 30.6 Å². The number of nitrogens with two attached hydrogens (primary N) is 1. The fraction of sp³-hybridized carbons (Fsp3) is 0.308. The summed E-state index contributed by atoms with van der Waals surface area (Å²) in [6, 6.07) is 5.20. The fourth-order valence-electron chi connectivity index (χ4n) is 2.36. The second kappa shape index (κ2) is 4.84. The van der Waals surface area contributed by atoms with E-state index >= 15 is 0 Å². The third-order valence-corrected chi connectivity index (χ3v) is 3.43. The van der Waals surface area contributed by atoms with Crippen LogP contribution in [0, 0.1) is 0 Å². The van der Waals surface area contributed by atoms with Gasteiger partial charge in [0.1, 0.15) is 6.33 Å². The van der Waals surface area contributed by atoms with E-state index in [0.29, 0.717) is 17.8 Å². The van der Waals surface area contributed by atoms with Crippen LogP contribution >= 0.6 is 0 Å². The summed E-state index contributed by atoms with van der Waals surface area (Å²) in [4.78, 5) is 13.6. The highest BCUT2D eigenvalue weighted by atomic mass is 16.5. The molecule has 0 atom stereocenters. The summed E-state index contributed by atoms with van der Waals surface area (Å²) in [6.45, 7) is 2.30. The van der Waals surface area contributed by atoms with E-state index < -0.39 is 0 Å². The van der Waals surface area contributed by atoms with E-state index in [4.69, 9.17) is 5.73 Å². The second-order valence-electron chi connectivity index (χ2n) is 4.63. The van der Waals surface area contributed by atoms with E-state index in [1.54, 1.807) is 18.5 Å². The van der Waals surface area contributed by atoms with Gasteiger partial charge in [-0.1, -0.05) is 0 Å². The number of carbonyl (C=O) groups excluding carboxylic acids is 1. The number of anilines is 2. The predicted molar refractivity (Wildman–Crippen MR) is 73.3 cm³/mol. The highest BCUT2D eigenvalue weighted by Gasteiger charge is 2.20. The van der Waals surface area contributed by atoms with E-state index in [9.17, 15) is 4.79 Å². The average molecular weight is 273 g/mol. The number of hydrogen-bond acceptors (Lipinski definition) is 6. The van der Waals surface area contributed by atoms with Crippen LogP contribution in [0.2, 0.25) is 0 Å². The summed E-state index contributed by atoms with van der Waals surface area (Å²) in [5.74, 6) is 0.523. The number of nitrogen functional groups attached to an aromatic ring is 1. The predicted octanol–water partition coefficient (Wildman–Crippen LogP) is 0.667. The summed E-state index contributed by atoms with van der Waals surface area (Å²) in [5, 5.41) is 7.97. The van der Waals surface area contributed by atoms with Crippen LogP contribution in [0.5, 0.6) is 0 Å². The number of esters is 1. The molecule has 0 saturated heterocycles. The highest BCUT2D eigenvalue weighted by Crippen LogP contribution is 2.27. The average Bonchev–Trinajstić information content (AvgIpc) is 2.93.